The number of hydrogen-bond acceptors (Lipinski definition) is 5. The molecule has 3 N–H and O–H groups in total. The lowest BCUT2D eigenvalue weighted by Gasteiger charge is -2.06. The summed E-state index contributed by atoms with van der Waals surface area (Å²) in [6.07, 6.45) is 1.03. The molecule has 0 aromatic carbocycles. The van der Waals surface area contributed by atoms with Crippen LogP contribution in [-0.2, 0) is 13.1 Å². The third kappa shape index (κ3) is 2.70. The van der Waals surface area contributed by atoms with E-state index in [2.05, 4.69) is 17.1 Å². The highest BCUT2D eigenvalue weighted by atomic mass is 32.2. The van der Waals surface area contributed by atoms with E-state index in [1.54, 1.807) is 0 Å². The van der Waals surface area contributed by atoms with E-state index in [1.807, 2.05) is 4.57 Å². The third-order valence-electron chi connectivity index (χ3n) is 1.75. The number of nitrogens with zero attached hydrogens (tertiary/aromatic N) is 3. The molecule has 1 aromatic heterocycles. The molecule has 0 unspecified atom stereocenters. The zero-order chi connectivity index (χ0) is 10.4. The number of aliphatic hydroxyl groups excluding tert-OH is 1. The Morgan fingerprint density at radius 1 is 1.50 bits per heavy atom. The fourth-order valence-corrected chi connectivity index (χ4v) is 1.89. The summed E-state index contributed by atoms with van der Waals surface area (Å²) in [4.78, 5) is 0. The molecule has 0 fully saturated rings. The average molecular weight is 216 g/mol. The maximum Gasteiger partial charge on any atom is 0.191 e. The average Bonchev–Trinajstić information content (AvgIpc) is 2.58. The highest BCUT2D eigenvalue weighted by Crippen LogP contribution is 2.16. The molecular formula is C8H16N4OS. The highest BCUT2D eigenvalue weighted by Gasteiger charge is 2.09. The van der Waals surface area contributed by atoms with Crippen molar-refractivity contribution in [3.05, 3.63) is 5.82 Å². The maximum atomic E-state index is 8.71. The Balaban J connectivity index is 2.75. The van der Waals surface area contributed by atoms with Crippen molar-refractivity contribution >= 4 is 11.8 Å². The minimum absolute atomic E-state index is 0.154. The van der Waals surface area contributed by atoms with Gasteiger partial charge in [0, 0.05) is 12.3 Å². The van der Waals surface area contributed by atoms with Crippen LogP contribution >= 0.6 is 11.8 Å². The molecule has 6 heteroatoms. The van der Waals surface area contributed by atoms with Crippen molar-refractivity contribution in [2.75, 3.05) is 12.4 Å². The normalized spacial score (nSPS) is 10.8. The Labute approximate surface area is 87.7 Å². The van der Waals surface area contributed by atoms with Gasteiger partial charge in [-0.3, -0.25) is 0 Å². The van der Waals surface area contributed by atoms with Crippen LogP contribution in [0.25, 0.3) is 0 Å². The van der Waals surface area contributed by atoms with Crippen LogP contribution in [0.15, 0.2) is 5.16 Å². The second-order valence-corrected chi connectivity index (χ2v) is 3.89. The van der Waals surface area contributed by atoms with Gasteiger partial charge < -0.3 is 15.4 Å². The standard InChI is InChI=1S/C8H16N4OS/c1-2-3-12-7(6-9)10-11-8(12)14-5-4-13/h13H,2-6,9H2,1H3. The van der Waals surface area contributed by atoms with Crippen molar-refractivity contribution in [3.8, 4) is 0 Å². The van der Waals surface area contributed by atoms with Gasteiger partial charge in [-0.25, -0.2) is 0 Å². The monoisotopic (exact) mass is 216 g/mol. The summed E-state index contributed by atoms with van der Waals surface area (Å²) in [5.74, 6) is 1.46. The van der Waals surface area contributed by atoms with Gasteiger partial charge >= 0.3 is 0 Å². The predicted molar refractivity (Wildman–Crippen MR) is 56.0 cm³/mol. The summed E-state index contributed by atoms with van der Waals surface area (Å²) in [6, 6.07) is 0. The smallest absolute Gasteiger partial charge is 0.191 e. The Morgan fingerprint density at radius 3 is 2.86 bits per heavy atom. The SMILES string of the molecule is CCCn1c(CN)nnc1SCCO. The van der Waals surface area contributed by atoms with Gasteiger partial charge in [-0.15, -0.1) is 10.2 Å². The van der Waals surface area contributed by atoms with E-state index in [1.165, 1.54) is 11.8 Å². The molecule has 0 aliphatic heterocycles. The van der Waals surface area contributed by atoms with Crippen molar-refractivity contribution in [2.24, 2.45) is 5.73 Å². The van der Waals surface area contributed by atoms with Gasteiger partial charge in [-0.2, -0.15) is 0 Å². The molecule has 14 heavy (non-hydrogen) atoms. The molecule has 0 aliphatic rings. The van der Waals surface area contributed by atoms with Crippen LogP contribution in [0.2, 0.25) is 0 Å². The van der Waals surface area contributed by atoms with Crippen LogP contribution in [0.5, 0.6) is 0 Å². The second-order valence-electron chi connectivity index (χ2n) is 2.83. The van der Waals surface area contributed by atoms with Gasteiger partial charge in [0.05, 0.1) is 13.2 Å². The summed E-state index contributed by atoms with van der Waals surface area (Å²) in [5.41, 5.74) is 5.54. The van der Waals surface area contributed by atoms with E-state index >= 15 is 0 Å². The number of nitrogens with two attached hydrogens (primary N) is 1. The summed E-state index contributed by atoms with van der Waals surface area (Å²) in [5, 5.41) is 17.6. The molecule has 0 saturated carbocycles. The first-order valence-corrected chi connectivity index (χ1v) is 5.67. The van der Waals surface area contributed by atoms with Crippen LogP contribution in [0.3, 0.4) is 0 Å². The zero-order valence-electron chi connectivity index (χ0n) is 8.31. The molecular weight excluding hydrogens is 200 g/mol. The molecule has 80 valence electrons. The quantitative estimate of drug-likeness (QED) is 0.666. The number of aromatic nitrogens is 3. The molecule has 0 spiro atoms. The Hall–Kier alpha value is -0.590. The Bertz CT molecular complexity index is 276. The van der Waals surface area contributed by atoms with Gasteiger partial charge in [-0.1, -0.05) is 18.7 Å². The second kappa shape index (κ2) is 6.00. The summed E-state index contributed by atoms with van der Waals surface area (Å²) < 4.78 is 2.01. The molecule has 0 saturated heterocycles. The van der Waals surface area contributed by atoms with Gasteiger partial charge in [0.15, 0.2) is 5.16 Å². The van der Waals surface area contributed by atoms with Crippen LogP contribution in [0.1, 0.15) is 19.2 Å². The zero-order valence-corrected chi connectivity index (χ0v) is 9.13. The number of rotatable bonds is 6. The van der Waals surface area contributed by atoms with E-state index in [0.717, 1.165) is 23.9 Å². The van der Waals surface area contributed by atoms with Crippen LogP contribution in [-0.4, -0.2) is 32.2 Å². The van der Waals surface area contributed by atoms with E-state index in [-0.39, 0.29) is 6.61 Å². The van der Waals surface area contributed by atoms with E-state index in [0.29, 0.717) is 12.3 Å². The lowest BCUT2D eigenvalue weighted by Crippen LogP contribution is -2.09. The first-order valence-electron chi connectivity index (χ1n) is 4.69. The molecule has 0 radical (unpaired) electrons. The van der Waals surface area contributed by atoms with Crippen molar-refractivity contribution in [1.82, 2.24) is 14.8 Å². The van der Waals surface area contributed by atoms with Crippen LogP contribution in [0.4, 0.5) is 0 Å². The lowest BCUT2D eigenvalue weighted by molar-refractivity contribution is 0.322. The number of thioether (sulfide) groups is 1. The topological polar surface area (TPSA) is 77.0 Å². The highest BCUT2D eigenvalue weighted by molar-refractivity contribution is 7.99. The minimum Gasteiger partial charge on any atom is -0.396 e. The molecule has 0 atom stereocenters. The Morgan fingerprint density at radius 2 is 2.29 bits per heavy atom. The van der Waals surface area contributed by atoms with E-state index in [4.69, 9.17) is 10.8 Å². The molecule has 0 aliphatic carbocycles. The van der Waals surface area contributed by atoms with Crippen LogP contribution < -0.4 is 5.73 Å². The summed E-state index contributed by atoms with van der Waals surface area (Å²) in [7, 11) is 0. The van der Waals surface area contributed by atoms with Crippen molar-refractivity contribution < 1.29 is 5.11 Å². The molecule has 5 nitrogen and oxygen atoms in total. The van der Waals surface area contributed by atoms with Gasteiger partial charge in [0.2, 0.25) is 0 Å². The molecule has 1 heterocycles. The molecule has 0 bridgehead atoms. The number of hydrogen-bond donors (Lipinski definition) is 2. The van der Waals surface area contributed by atoms with E-state index in [9.17, 15) is 0 Å². The van der Waals surface area contributed by atoms with Gasteiger partial charge in [0.25, 0.3) is 0 Å². The fourth-order valence-electron chi connectivity index (χ4n) is 1.16. The predicted octanol–water partition coefficient (Wildman–Crippen LogP) is 0.231. The number of aliphatic hydroxyl groups is 1. The van der Waals surface area contributed by atoms with Crippen molar-refractivity contribution in [2.45, 2.75) is 31.6 Å². The third-order valence-corrected chi connectivity index (χ3v) is 2.69. The molecule has 0 amide bonds. The summed E-state index contributed by atoms with van der Waals surface area (Å²) >= 11 is 1.51. The largest absolute Gasteiger partial charge is 0.396 e. The molecule has 1 rings (SSSR count). The van der Waals surface area contributed by atoms with E-state index < -0.39 is 0 Å². The maximum absolute atomic E-state index is 8.71. The fraction of sp³-hybridized carbons (Fsp3) is 0.750. The first-order chi connectivity index (χ1) is 6.83. The van der Waals surface area contributed by atoms with Crippen LogP contribution in [0, 0.1) is 0 Å². The summed E-state index contributed by atoms with van der Waals surface area (Å²) in [6.45, 7) is 3.54. The minimum atomic E-state index is 0.154. The van der Waals surface area contributed by atoms with Crippen molar-refractivity contribution in [1.29, 1.82) is 0 Å². The van der Waals surface area contributed by atoms with Crippen molar-refractivity contribution in [3.63, 3.8) is 0 Å². The lowest BCUT2D eigenvalue weighted by atomic mass is 10.4. The molecule has 1 aromatic rings. The van der Waals surface area contributed by atoms with Gasteiger partial charge in [0.1, 0.15) is 5.82 Å². The Kier molecular flexibility index (Phi) is 4.92. The first kappa shape index (κ1) is 11.5. The van der Waals surface area contributed by atoms with Gasteiger partial charge in [-0.05, 0) is 6.42 Å².